The van der Waals surface area contributed by atoms with Crippen molar-refractivity contribution in [2.75, 3.05) is 6.54 Å². The average molecular weight is 256 g/mol. The molecule has 4 rings (SSSR count). The van der Waals surface area contributed by atoms with Crippen LogP contribution in [0.1, 0.15) is 23.3 Å². The fourth-order valence-electron chi connectivity index (χ4n) is 3.00. The number of carbonyl (C=O) groups excluding carboxylic acids is 1. The lowest BCUT2D eigenvalue weighted by Crippen LogP contribution is -2.39. The third-order valence-corrected chi connectivity index (χ3v) is 4.12. The smallest absolute Gasteiger partial charge is 0.269 e. The summed E-state index contributed by atoms with van der Waals surface area (Å²) in [6.45, 7) is 0.700. The van der Waals surface area contributed by atoms with Gasteiger partial charge >= 0.3 is 0 Å². The summed E-state index contributed by atoms with van der Waals surface area (Å²) in [5.41, 5.74) is 1.40. The highest BCUT2D eigenvalue weighted by molar-refractivity contribution is 5.93. The van der Waals surface area contributed by atoms with E-state index in [1.807, 2.05) is 28.8 Å². The van der Waals surface area contributed by atoms with Crippen LogP contribution in [0.15, 0.2) is 30.6 Å². The molecule has 2 aromatic rings. The lowest BCUT2D eigenvalue weighted by molar-refractivity contribution is 0.0944. The fraction of sp³-hybridized carbons (Fsp3) is 0.429. The number of aromatic nitrogens is 2. The highest BCUT2D eigenvalue weighted by Gasteiger charge is 2.45. The third kappa shape index (κ3) is 1.90. The molecule has 2 aromatic heterocycles. The Balaban J connectivity index is 1.45. The van der Waals surface area contributed by atoms with Gasteiger partial charge in [-0.1, -0.05) is 6.07 Å². The van der Waals surface area contributed by atoms with Crippen LogP contribution in [-0.4, -0.2) is 33.9 Å². The molecule has 98 valence electrons. The molecule has 0 spiro atoms. The SMILES string of the molecule is O=C(NC[C@@H]1C[C@@H]2C[C@@H]2N1)c1cnc2ccccn12. The van der Waals surface area contributed by atoms with E-state index in [-0.39, 0.29) is 5.91 Å². The molecule has 5 heteroatoms. The van der Waals surface area contributed by atoms with Gasteiger partial charge in [-0.2, -0.15) is 0 Å². The molecule has 2 N–H and O–H groups in total. The number of rotatable bonds is 3. The number of nitrogens with zero attached hydrogens (tertiary/aromatic N) is 2. The number of nitrogens with one attached hydrogen (secondary N) is 2. The third-order valence-electron chi connectivity index (χ3n) is 4.12. The monoisotopic (exact) mass is 256 g/mol. The second-order valence-electron chi connectivity index (χ2n) is 5.48. The molecule has 1 saturated carbocycles. The van der Waals surface area contributed by atoms with Crippen molar-refractivity contribution in [1.29, 1.82) is 0 Å². The van der Waals surface area contributed by atoms with Crippen LogP contribution < -0.4 is 10.6 Å². The first-order valence-corrected chi connectivity index (χ1v) is 6.77. The molecule has 2 aliphatic rings. The second-order valence-corrected chi connectivity index (χ2v) is 5.48. The average Bonchev–Trinajstić information content (AvgIpc) is 2.89. The maximum Gasteiger partial charge on any atom is 0.269 e. The molecule has 19 heavy (non-hydrogen) atoms. The number of amides is 1. The summed E-state index contributed by atoms with van der Waals surface area (Å²) in [4.78, 5) is 16.4. The summed E-state index contributed by atoms with van der Waals surface area (Å²) in [5.74, 6) is 0.804. The maximum atomic E-state index is 12.2. The maximum absolute atomic E-state index is 12.2. The van der Waals surface area contributed by atoms with E-state index in [4.69, 9.17) is 0 Å². The fourth-order valence-corrected chi connectivity index (χ4v) is 3.00. The number of pyridine rings is 1. The molecule has 0 radical (unpaired) electrons. The Morgan fingerprint density at radius 2 is 2.42 bits per heavy atom. The van der Waals surface area contributed by atoms with Gasteiger partial charge in [-0.15, -0.1) is 0 Å². The number of hydrogen-bond acceptors (Lipinski definition) is 3. The summed E-state index contributed by atoms with van der Waals surface area (Å²) in [6.07, 6.45) is 6.00. The first kappa shape index (κ1) is 11.0. The zero-order chi connectivity index (χ0) is 12.8. The van der Waals surface area contributed by atoms with Crippen molar-refractivity contribution >= 4 is 11.6 Å². The van der Waals surface area contributed by atoms with Gasteiger partial charge in [0.15, 0.2) is 0 Å². The van der Waals surface area contributed by atoms with Crippen LogP contribution in [0.4, 0.5) is 0 Å². The predicted molar refractivity (Wildman–Crippen MR) is 71.0 cm³/mol. The van der Waals surface area contributed by atoms with E-state index >= 15 is 0 Å². The Morgan fingerprint density at radius 1 is 1.47 bits per heavy atom. The Labute approximate surface area is 111 Å². The van der Waals surface area contributed by atoms with Crippen LogP contribution in [0, 0.1) is 5.92 Å². The minimum absolute atomic E-state index is 0.0546. The molecule has 1 aliphatic carbocycles. The van der Waals surface area contributed by atoms with Gasteiger partial charge < -0.3 is 10.6 Å². The van der Waals surface area contributed by atoms with E-state index in [9.17, 15) is 4.79 Å². The van der Waals surface area contributed by atoms with Gasteiger partial charge in [0.1, 0.15) is 11.3 Å². The largest absolute Gasteiger partial charge is 0.349 e. The Morgan fingerprint density at radius 3 is 3.26 bits per heavy atom. The zero-order valence-electron chi connectivity index (χ0n) is 10.5. The van der Waals surface area contributed by atoms with Crippen LogP contribution in [0.25, 0.3) is 5.65 Å². The van der Waals surface area contributed by atoms with Gasteiger partial charge in [-0.3, -0.25) is 9.20 Å². The van der Waals surface area contributed by atoms with Crippen LogP contribution in [0.3, 0.4) is 0 Å². The highest BCUT2D eigenvalue weighted by atomic mass is 16.1. The molecule has 0 unspecified atom stereocenters. The van der Waals surface area contributed by atoms with Gasteiger partial charge in [0.25, 0.3) is 5.91 Å². The van der Waals surface area contributed by atoms with Crippen molar-refractivity contribution in [3.8, 4) is 0 Å². The molecule has 5 nitrogen and oxygen atoms in total. The van der Waals surface area contributed by atoms with Crippen LogP contribution >= 0.6 is 0 Å². The van der Waals surface area contributed by atoms with Gasteiger partial charge in [0, 0.05) is 24.8 Å². The lowest BCUT2D eigenvalue weighted by Gasteiger charge is -2.13. The van der Waals surface area contributed by atoms with E-state index in [0.717, 1.165) is 17.6 Å². The van der Waals surface area contributed by atoms with Crippen molar-refractivity contribution in [1.82, 2.24) is 20.0 Å². The molecular weight excluding hydrogens is 240 g/mol. The van der Waals surface area contributed by atoms with E-state index in [2.05, 4.69) is 15.6 Å². The molecule has 0 bridgehead atoms. The quantitative estimate of drug-likeness (QED) is 0.854. The summed E-state index contributed by atoms with van der Waals surface area (Å²) in [7, 11) is 0. The van der Waals surface area contributed by atoms with Gasteiger partial charge in [0.2, 0.25) is 0 Å². The summed E-state index contributed by atoms with van der Waals surface area (Å²) in [6, 6.07) is 6.86. The first-order chi connectivity index (χ1) is 9.31. The van der Waals surface area contributed by atoms with Crippen LogP contribution in [0.5, 0.6) is 0 Å². The highest BCUT2D eigenvalue weighted by Crippen LogP contribution is 2.40. The minimum atomic E-state index is -0.0546. The van der Waals surface area contributed by atoms with Gasteiger partial charge in [-0.05, 0) is 30.9 Å². The second kappa shape index (κ2) is 4.06. The van der Waals surface area contributed by atoms with E-state index in [1.165, 1.54) is 12.8 Å². The Bertz CT molecular complexity index is 625. The normalized spacial score (nSPS) is 28.3. The van der Waals surface area contributed by atoms with Crippen molar-refractivity contribution in [2.45, 2.75) is 24.9 Å². The standard InChI is InChI=1S/C14H16N4O/c19-14(16-7-10-5-9-6-11(9)17-10)12-8-15-13-3-1-2-4-18(12)13/h1-4,8-11,17H,5-7H2,(H,16,19)/t9-,10+,11+/m1/s1. The van der Waals surface area contributed by atoms with Gasteiger partial charge in [0.05, 0.1) is 6.20 Å². The van der Waals surface area contributed by atoms with Crippen molar-refractivity contribution in [2.24, 2.45) is 5.92 Å². The van der Waals surface area contributed by atoms with Gasteiger partial charge in [-0.25, -0.2) is 4.98 Å². The van der Waals surface area contributed by atoms with Crippen LogP contribution in [-0.2, 0) is 0 Å². The van der Waals surface area contributed by atoms with Crippen molar-refractivity contribution < 1.29 is 4.79 Å². The molecule has 1 aliphatic heterocycles. The number of piperidine rings is 1. The molecule has 3 atom stereocenters. The molecule has 2 fully saturated rings. The molecular formula is C14H16N4O. The zero-order valence-corrected chi connectivity index (χ0v) is 10.5. The summed E-state index contributed by atoms with van der Waals surface area (Å²) < 4.78 is 1.81. The van der Waals surface area contributed by atoms with E-state index < -0.39 is 0 Å². The Kier molecular flexibility index (Phi) is 2.35. The van der Waals surface area contributed by atoms with Crippen molar-refractivity contribution in [3.05, 3.63) is 36.3 Å². The topological polar surface area (TPSA) is 58.4 Å². The van der Waals surface area contributed by atoms with Crippen molar-refractivity contribution in [3.63, 3.8) is 0 Å². The first-order valence-electron chi connectivity index (χ1n) is 6.77. The molecule has 0 aromatic carbocycles. The van der Waals surface area contributed by atoms with E-state index in [0.29, 0.717) is 18.3 Å². The number of imidazole rings is 1. The minimum Gasteiger partial charge on any atom is -0.349 e. The summed E-state index contributed by atoms with van der Waals surface area (Å²) >= 11 is 0. The summed E-state index contributed by atoms with van der Waals surface area (Å²) in [5, 5.41) is 6.53. The van der Waals surface area contributed by atoms with E-state index in [1.54, 1.807) is 6.20 Å². The molecule has 3 heterocycles. The Hall–Kier alpha value is -1.88. The number of hydrogen-bond donors (Lipinski definition) is 2. The molecule has 1 amide bonds. The lowest BCUT2D eigenvalue weighted by atomic mass is 10.2. The number of fused-ring (bicyclic) bond motifs is 2. The van der Waals surface area contributed by atoms with Crippen LogP contribution in [0.2, 0.25) is 0 Å². The predicted octanol–water partition coefficient (Wildman–Crippen LogP) is 0.814. The number of carbonyl (C=O) groups is 1. The molecule has 1 saturated heterocycles.